The van der Waals surface area contributed by atoms with E-state index in [1.165, 1.54) is 69.9 Å². The van der Waals surface area contributed by atoms with E-state index in [0.29, 0.717) is 0 Å². The second-order valence-corrected chi connectivity index (χ2v) is 10.2. The standard InChI is InChI=1S/C29H46N3O/c1-5-6-15-26-16-18-27(19-17-26)30-31-28-20-22-29(23-21-28)33-25-14-12-10-8-7-9-11-13-24-32(2,3)4/h16-23H,5-15,24-25H2,1-4H3/q+1. The summed E-state index contributed by atoms with van der Waals surface area (Å²) in [4.78, 5) is 0. The molecule has 4 nitrogen and oxygen atoms in total. The van der Waals surface area contributed by atoms with Crippen LogP contribution in [0.5, 0.6) is 5.75 Å². The molecule has 0 aliphatic rings. The van der Waals surface area contributed by atoms with E-state index in [1.807, 2.05) is 36.4 Å². The molecule has 2 rings (SSSR count). The summed E-state index contributed by atoms with van der Waals surface area (Å²) >= 11 is 0. The minimum atomic E-state index is 0.786. The summed E-state index contributed by atoms with van der Waals surface area (Å²) < 4.78 is 6.97. The zero-order valence-electron chi connectivity index (χ0n) is 21.6. The lowest BCUT2D eigenvalue weighted by Gasteiger charge is -2.23. The molecule has 0 atom stereocenters. The second kappa shape index (κ2) is 15.6. The van der Waals surface area contributed by atoms with Crippen LogP contribution >= 0.6 is 0 Å². The third-order valence-corrected chi connectivity index (χ3v) is 5.87. The first-order valence-corrected chi connectivity index (χ1v) is 13.0. The van der Waals surface area contributed by atoms with Crippen LogP contribution in [0, 0.1) is 0 Å². The van der Waals surface area contributed by atoms with Gasteiger partial charge in [0.2, 0.25) is 0 Å². The van der Waals surface area contributed by atoms with Gasteiger partial charge in [0.15, 0.2) is 0 Å². The van der Waals surface area contributed by atoms with Crippen molar-refractivity contribution in [2.45, 2.75) is 77.6 Å². The van der Waals surface area contributed by atoms with Crippen LogP contribution in [0.15, 0.2) is 58.8 Å². The highest BCUT2D eigenvalue weighted by molar-refractivity contribution is 5.43. The lowest BCUT2D eigenvalue weighted by atomic mass is 10.1. The highest BCUT2D eigenvalue weighted by atomic mass is 16.5. The van der Waals surface area contributed by atoms with Crippen molar-refractivity contribution in [1.82, 2.24) is 0 Å². The number of rotatable bonds is 17. The zero-order valence-corrected chi connectivity index (χ0v) is 21.6. The van der Waals surface area contributed by atoms with Crippen LogP contribution in [-0.2, 0) is 6.42 Å². The summed E-state index contributed by atoms with van der Waals surface area (Å²) in [6.45, 7) is 4.29. The SMILES string of the molecule is CCCCc1ccc(N=Nc2ccc(OCCCCCCCCCC[N+](C)(C)C)cc2)cc1. The molecule has 2 aromatic rings. The molecule has 0 aliphatic heterocycles. The Hall–Kier alpha value is -2.20. The number of benzene rings is 2. The smallest absolute Gasteiger partial charge is 0.119 e. The summed E-state index contributed by atoms with van der Waals surface area (Å²) in [5.74, 6) is 0.909. The minimum Gasteiger partial charge on any atom is -0.494 e. The van der Waals surface area contributed by atoms with Crippen molar-refractivity contribution in [2.24, 2.45) is 10.2 Å². The van der Waals surface area contributed by atoms with Gasteiger partial charge in [-0.25, -0.2) is 0 Å². The van der Waals surface area contributed by atoms with E-state index in [1.54, 1.807) is 0 Å². The van der Waals surface area contributed by atoms with E-state index in [-0.39, 0.29) is 0 Å². The molecule has 0 heterocycles. The molecular weight excluding hydrogens is 406 g/mol. The molecule has 0 aliphatic carbocycles. The summed E-state index contributed by atoms with van der Waals surface area (Å²) in [6, 6.07) is 16.3. The minimum absolute atomic E-state index is 0.786. The van der Waals surface area contributed by atoms with Gasteiger partial charge in [0.05, 0.1) is 45.7 Å². The third kappa shape index (κ3) is 13.2. The summed E-state index contributed by atoms with van der Waals surface area (Å²) in [7, 11) is 6.82. The maximum absolute atomic E-state index is 5.89. The van der Waals surface area contributed by atoms with Crippen molar-refractivity contribution in [2.75, 3.05) is 34.3 Å². The van der Waals surface area contributed by atoms with Crippen LogP contribution in [0.25, 0.3) is 0 Å². The molecule has 0 aromatic heterocycles. The summed E-state index contributed by atoms with van der Waals surface area (Å²) in [6.07, 6.45) is 14.1. The van der Waals surface area contributed by atoms with Crippen molar-refractivity contribution in [1.29, 1.82) is 0 Å². The quantitative estimate of drug-likeness (QED) is 0.134. The predicted molar refractivity (Wildman–Crippen MR) is 141 cm³/mol. The first kappa shape index (κ1) is 27.0. The first-order chi connectivity index (χ1) is 16.0. The summed E-state index contributed by atoms with van der Waals surface area (Å²) in [5, 5.41) is 8.70. The molecule has 0 saturated heterocycles. The number of aryl methyl sites for hydroxylation is 1. The van der Waals surface area contributed by atoms with Crippen LogP contribution in [0.3, 0.4) is 0 Å². The molecule has 0 unspecified atom stereocenters. The van der Waals surface area contributed by atoms with Gasteiger partial charge in [-0.1, -0.05) is 57.6 Å². The van der Waals surface area contributed by atoms with E-state index in [9.17, 15) is 0 Å². The van der Waals surface area contributed by atoms with Crippen molar-refractivity contribution < 1.29 is 9.22 Å². The zero-order chi connectivity index (χ0) is 23.8. The summed E-state index contributed by atoms with van der Waals surface area (Å²) in [5.41, 5.74) is 3.10. The average Bonchev–Trinajstić information content (AvgIpc) is 2.80. The molecular formula is C29H46N3O+. The molecule has 4 heteroatoms. The molecule has 0 spiro atoms. The molecule has 0 radical (unpaired) electrons. The van der Waals surface area contributed by atoms with E-state index in [0.717, 1.165) is 41.1 Å². The monoisotopic (exact) mass is 452 g/mol. The van der Waals surface area contributed by atoms with Crippen LogP contribution in [0.4, 0.5) is 11.4 Å². The lowest BCUT2D eigenvalue weighted by molar-refractivity contribution is -0.870. The number of nitrogens with zero attached hydrogens (tertiary/aromatic N) is 3. The van der Waals surface area contributed by atoms with Gasteiger partial charge in [-0.3, -0.25) is 0 Å². The van der Waals surface area contributed by atoms with Crippen LogP contribution < -0.4 is 4.74 Å². The number of quaternary nitrogens is 1. The Bertz CT molecular complexity index is 776. The number of hydrogen-bond donors (Lipinski definition) is 0. The largest absolute Gasteiger partial charge is 0.494 e. The molecule has 33 heavy (non-hydrogen) atoms. The lowest BCUT2D eigenvalue weighted by Crippen LogP contribution is -2.35. The fourth-order valence-corrected chi connectivity index (χ4v) is 3.77. The van der Waals surface area contributed by atoms with Crippen LogP contribution in [-0.4, -0.2) is 38.8 Å². The van der Waals surface area contributed by atoms with Gasteiger partial charge >= 0.3 is 0 Å². The van der Waals surface area contributed by atoms with Crippen LogP contribution in [0.2, 0.25) is 0 Å². The number of ether oxygens (including phenoxy) is 1. The van der Waals surface area contributed by atoms with E-state index < -0.39 is 0 Å². The average molecular weight is 453 g/mol. The second-order valence-electron chi connectivity index (χ2n) is 10.2. The highest BCUT2D eigenvalue weighted by Crippen LogP contribution is 2.22. The maximum atomic E-state index is 5.89. The molecule has 0 saturated carbocycles. The van der Waals surface area contributed by atoms with Crippen molar-refractivity contribution >= 4 is 11.4 Å². The Kier molecular flexibility index (Phi) is 12.8. The fraction of sp³-hybridized carbons (Fsp3) is 0.586. The first-order valence-electron chi connectivity index (χ1n) is 13.0. The number of unbranched alkanes of at least 4 members (excludes halogenated alkanes) is 8. The molecule has 182 valence electrons. The Morgan fingerprint density at radius 3 is 1.70 bits per heavy atom. The third-order valence-electron chi connectivity index (χ3n) is 5.87. The Morgan fingerprint density at radius 2 is 1.15 bits per heavy atom. The maximum Gasteiger partial charge on any atom is 0.119 e. The molecule has 0 bridgehead atoms. The van der Waals surface area contributed by atoms with Gasteiger partial charge in [0.1, 0.15) is 5.75 Å². The Labute approximate surface area is 202 Å². The van der Waals surface area contributed by atoms with E-state index >= 15 is 0 Å². The van der Waals surface area contributed by atoms with Crippen molar-refractivity contribution in [3.8, 4) is 5.75 Å². The van der Waals surface area contributed by atoms with E-state index in [2.05, 4.69) is 50.4 Å². The number of azo groups is 1. The molecule has 0 amide bonds. The molecule has 2 aromatic carbocycles. The van der Waals surface area contributed by atoms with Gasteiger partial charge in [-0.15, -0.1) is 0 Å². The van der Waals surface area contributed by atoms with Gasteiger partial charge in [-0.2, -0.15) is 10.2 Å². The Balaban J connectivity index is 1.54. The Morgan fingerprint density at radius 1 is 0.636 bits per heavy atom. The van der Waals surface area contributed by atoms with Gasteiger partial charge < -0.3 is 9.22 Å². The normalized spacial score (nSPS) is 11.9. The van der Waals surface area contributed by atoms with Gasteiger partial charge in [0.25, 0.3) is 0 Å². The van der Waals surface area contributed by atoms with Crippen molar-refractivity contribution in [3.63, 3.8) is 0 Å². The molecule has 0 fully saturated rings. The van der Waals surface area contributed by atoms with E-state index in [4.69, 9.17) is 4.74 Å². The number of hydrogen-bond acceptors (Lipinski definition) is 3. The van der Waals surface area contributed by atoms with Crippen molar-refractivity contribution in [3.05, 3.63) is 54.1 Å². The van der Waals surface area contributed by atoms with Gasteiger partial charge in [0, 0.05) is 0 Å². The topological polar surface area (TPSA) is 34.0 Å². The molecule has 0 N–H and O–H groups in total. The fourth-order valence-electron chi connectivity index (χ4n) is 3.77. The van der Waals surface area contributed by atoms with Crippen LogP contribution in [0.1, 0.15) is 76.7 Å². The predicted octanol–water partition coefficient (Wildman–Crippen LogP) is 8.65. The highest BCUT2D eigenvalue weighted by Gasteiger charge is 2.05. The van der Waals surface area contributed by atoms with Gasteiger partial charge in [-0.05, 0) is 74.1 Å².